The van der Waals surface area contributed by atoms with Crippen LogP contribution in [-0.4, -0.2) is 11.8 Å². The SMILES string of the molecule is Cc1cccc(N2C(=O)C(Nc3cccc(C)c3C)=C(c3ccc(C)c(C)c3)C2=O)c1. The first-order valence-corrected chi connectivity index (χ1v) is 10.4. The number of carbonyl (C=O) groups excluding carboxylic acids is 2. The summed E-state index contributed by atoms with van der Waals surface area (Å²) in [5.41, 5.74) is 8.21. The number of anilines is 2. The average Bonchev–Trinajstić information content (AvgIpc) is 2.97. The minimum absolute atomic E-state index is 0.309. The molecule has 0 aliphatic carbocycles. The number of hydrogen-bond acceptors (Lipinski definition) is 3. The molecule has 156 valence electrons. The molecule has 0 saturated carbocycles. The van der Waals surface area contributed by atoms with Crippen molar-refractivity contribution in [2.45, 2.75) is 34.6 Å². The first-order chi connectivity index (χ1) is 14.8. The van der Waals surface area contributed by atoms with Gasteiger partial charge in [0.15, 0.2) is 0 Å². The third-order valence-electron chi connectivity index (χ3n) is 6.00. The monoisotopic (exact) mass is 410 g/mol. The fourth-order valence-corrected chi connectivity index (χ4v) is 3.83. The number of carbonyl (C=O) groups is 2. The van der Waals surface area contributed by atoms with Crippen molar-refractivity contribution in [3.05, 3.63) is 99.7 Å². The minimum atomic E-state index is -0.343. The lowest BCUT2D eigenvalue weighted by atomic mass is 9.99. The molecule has 4 heteroatoms. The average molecular weight is 411 g/mol. The Balaban J connectivity index is 1.88. The first kappa shape index (κ1) is 20.6. The summed E-state index contributed by atoms with van der Waals surface area (Å²) in [5.74, 6) is -0.656. The van der Waals surface area contributed by atoms with Crippen molar-refractivity contribution in [2.24, 2.45) is 0 Å². The molecule has 31 heavy (non-hydrogen) atoms. The molecule has 0 radical (unpaired) electrons. The van der Waals surface area contributed by atoms with E-state index >= 15 is 0 Å². The molecule has 1 heterocycles. The molecule has 0 spiro atoms. The van der Waals surface area contributed by atoms with Crippen LogP contribution >= 0.6 is 0 Å². The number of aryl methyl sites for hydroxylation is 4. The fraction of sp³-hybridized carbons (Fsp3) is 0.185. The molecule has 3 aromatic carbocycles. The highest BCUT2D eigenvalue weighted by Crippen LogP contribution is 2.35. The van der Waals surface area contributed by atoms with Gasteiger partial charge in [0, 0.05) is 5.69 Å². The predicted molar refractivity (Wildman–Crippen MR) is 126 cm³/mol. The molecule has 0 bridgehead atoms. The van der Waals surface area contributed by atoms with Crippen LogP contribution < -0.4 is 10.2 Å². The highest BCUT2D eigenvalue weighted by molar-refractivity contribution is 6.46. The zero-order chi connectivity index (χ0) is 22.3. The molecule has 2 amide bonds. The van der Waals surface area contributed by atoms with Crippen molar-refractivity contribution in [1.29, 1.82) is 0 Å². The highest BCUT2D eigenvalue weighted by Gasteiger charge is 2.40. The van der Waals surface area contributed by atoms with Crippen molar-refractivity contribution in [3.63, 3.8) is 0 Å². The molecule has 1 aliphatic heterocycles. The topological polar surface area (TPSA) is 49.4 Å². The second kappa shape index (κ2) is 7.88. The number of hydrogen-bond donors (Lipinski definition) is 1. The van der Waals surface area contributed by atoms with E-state index in [-0.39, 0.29) is 11.8 Å². The molecule has 0 unspecified atom stereocenters. The zero-order valence-corrected chi connectivity index (χ0v) is 18.5. The van der Waals surface area contributed by atoms with Gasteiger partial charge in [0.05, 0.1) is 11.3 Å². The van der Waals surface area contributed by atoms with Crippen LogP contribution in [0.15, 0.2) is 66.4 Å². The molecule has 0 atom stereocenters. The van der Waals surface area contributed by atoms with Gasteiger partial charge in [-0.05, 0) is 86.2 Å². The standard InChI is InChI=1S/C27H26N2O2/c1-16-8-6-10-22(14-16)29-26(30)24(21-13-12-17(2)19(4)15-21)25(27(29)31)28-23-11-7-9-18(3)20(23)5/h6-15,28H,1-5H3. The van der Waals surface area contributed by atoms with E-state index < -0.39 is 0 Å². The van der Waals surface area contributed by atoms with Crippen LogP contribution in [0.3, 0.4) is 0 Å². The molecular formula is C27H26N2O2. The quantitative estimate of drug-likeness (QED) is 0.568. The second-order valence-electron chi connectivity index (χ2n) is 8.21. The Morgan fingerprint density at radius 2 is 1.45 bits per heavy atom. The summed E-state index contributed by atoms with van der Waals surface area (Å²) in [6.45, 7) is 10.0. The molecular weight excluding hydrogens is 384 g/mol. The van der Waals surface area contributed by atoms with E-state index in [2.05, 4.69) is 5.32 Å². The van der Waals surface area contributed by atoms with Gasteiger partial charge in [-0.2, -0.15) is 0 Å². The van der Waals surface area contributed by atoms with Crippen molar-refractivity contribution >= 4 is 28.8 Å². The lowest BCUT2D eigenvalue weighted by molar-refractivity contribution is -0.120. The van der Waals surface area contributed by atoms with Crippen LogP contribution in [-0.2, 0) is 9.59 Å². The van der Waals surface area contributed by atoms with Gasteiger partial charge in [0.2, 0.25) is 0 Å². The van der Waals surface area contributed by atoms with Crippen LogP contribution in [0.4, 0.5) is 11.4 Å². The van der Waals surface area contributed by atoms with Gasteiger partial charge in [-0.25, -0.2) is 4.90 Å². The number of imide groups is 1. The minimum Gasteiger partial charge on any atom is -0.350 e. The summed E-state index contributed by atoms with van der Waals surface area (Å²) in [6, 6.07) is 19.2. The Morgan fingerprint density at radius 3 is 2.16 bits per heavy atom. The van der Waals surface area contributed by atoms with Gasteiger partial charge >= 0.3 is 0 Å². The maximum absolute atomic E-state index is 13.6. The van der Waals surface area contributed by atoms with Crippen LogP contribution in [0, 0.1) is 34.6 Å². The number of amides is 2. The van der Waals surface area contributed by atoms with Gasteiger partial charge in [0.1, 0.15) is 5.70 Å². The van der Waals surface area contributed by atoms with E-state index in [0.29, 0.717) is 17.0 Å². The summed E-state index contributed by atoms with van der Waals surface area (Å²) in [6.07, 6.45) is 0. The predicted octanol–water partition coefficient (Wildman–Crippen LogP) is 5.63. The third-order valence-corrected chi connectivity index (χ3v) is 6.00. The van der Waals surface area contributed by atoms with Crippen LogP contribution in [0.25, 0.3) is 5.57 Å². The fourth-order valence-electron chi connectivity index (χ4n) is 3.83. The molecule has 4 nitrogen and oxygen atoms in total. The summed E-state index contributed by atoms with van der Waals surface area (Å²) < 4.78 is 0. The maximum atomic E-state index is 13.6. The number of rotatable bonds is 4. The maximum Gasteiger partial charge on any atom is 0.282 e. The smallest absolute Gasteiger partial charge is 0.282 e. The lowest BCUT2D eigenvalue weighted by Gasteiger charge is -2.16. The van der Waals surface area contributed by atoms with Crippen molar-refractivity contribution in [2.75, 3.05) is 10.2 Å². The van der Waals surface area contributed by atoms with Gasteiger partial charge in [-0.15, -0.1) is 0 Å². The van der Waals surface area contributed by atoms with Crippen molar-refractivity contribution < 1.29 is 9.59 Å². The molecule has 0 saturated heterocycles. The molecule has 3 aromatic rings. The number of nitrogens with one attached hydrogen (secondary N) is 1. The van der Waals surface area contributed by atoms with E-state index in [0.717, 1.165) is 39.1 Å². The van der Waals surface area contributed by atoms with E-state index in [1.165, 1.54) is 4.90 Å². The van der Waals surface area contributed by atoms with E-state index in [1.807, 2.05) is 89.2 Å². The molecule has 4 rings (SSSR count). The number of benzene rings is 3. The van der Waals surface area contributed by atoms with Gasteiger partial charge in [0.25, 0.3) is 11.8 Å². The summed E-state index contributed by atoms with van der Waals surface area (Å²) >= 11 is 0. The Hall–Kier alpha value is -3.66. The van der Waals surface area contributed by atoms with Crippen LogP contribution in [0.2, 0.25) is 0 Å². The Bertz CT molecular complexity index is 1250. The van der Waals surface area contributed by atoms with Crippen LogP contribution in [0.5, 0.6) is 0 Å². The Labute approximate surface area is 183 Å². The Kier molecular flexibility index (Phi) is 5.24. The van der Waals surface area contributed by atoms with Crippen molar-refractivity contribution in [3.8, 4) is 0 Å². The third kappa shape index (κ3) is 3.66. The first-order valence-electron chi connectivity index (χ1n) is 10.4. The normalized spacial score (nSPS) is 13.9. The Morgan fingerprint density at radius 1 is 0.710 bits per heavy atom. The van der Waals surface area contributed by atoms with E-state index in [1.54, 1.807) is 6.07 Å². The molecule has 1 N–H and O–H groups in total. The summed E-state index contributed by atoms with van der Waals surface area (Å²) in [4.78, 5) is 28.4. The van der Waals surface area contributed by atoms with Gasteiger partial charge in [-0.3, -0.25) is 9.59 Å². The van der Waals surface area contributed by atoms with Crippen molar-refractivity contribution in [1.82, 2.24) is 0 Å². The van der Waals surface area contributed by atoms with E-state index in [4.69, 9.17) is 0 Å². The van der Waals surface area contributed by atoms with Gasteiger partial charge < -0.3 is 5.32 Å². The zero-order valence-electron chi connectivity index (χ0n) is 18.5. The van der Waals surface area contributed by atoms with E-state index in [9.17, 15) is 9.59 Å². The molecule has 1 aliphatic rings. The lowest BCUT2D eigenvalue weighted by Crippen LogP contribution is -2.32. The number of nitrogens with zero attached hydrogens (tertiary/aromatic N) is 1. The highest BCUT2D eigenvalue weighted by atomic mass is 16.2. The second-order valence-corrected chi connectivity index (χ2v) is 8.21. The largest absolute Gasteiger partial charge is 0.350 e. The molecule has 0 fully saturated rings. The van der Waals surface area contributed by atoms with Crippen LogP contribution in [0.1, 0.15) is 33.4 Å². The summed E-state index contributed by atoms with van der Waals surface area (Å²) in [7, 11) is 0. The molecule has 0 aromatic heterocycles. The van der Waals surface area contributed by atoms with Gasteiger partial charge in [-0.1, -0.05) is 42.5 Å². The summed E-state index contributed by atoms with van der Waals surface area (Å²) in [5, 5.41) is 3.29.